The van der Waals surface area contributed by atoms with Crippen LogP contribution in [-0.2, 0) is 0 Å². The standard InChI is InChI=1S/C20H23N3O/c1-14-7-10-16(13-17(14)18-5-2-3-11-21-18)22-20(24)23-12-4-6-19(23)15-8-9-15/h2-3,5,7,10-11,13,15,19H,4,6,8-9,12H2,1H3,(H,22,24)/t19-/m0/s1. The molecule has 1 aliphatic carbocycles. The largest absolute Gasteiger partial charge is 0.322 e. The Labute approximate surface area is 142 Å². The summed E-state index contributed by atoms with van der Waals surface area (Å²) in [5, 5.41) is 3.09. The van der Waals surface area contributed by atoms with Crippen LogP contribution in [0.3, 0.4) is 0 Å². The van der Waals surface area contributed by atoms with Gasteiger partial charge in [-0.05, 0) is 68.4 Å². The predicted octanol–water partition coefficient (Wildman–Crippen LogP) is 4.46. The summed E-state index contributed by atoms with van der Waals surface area (Å²) in [5.41, 5.74) is 3.99. The Morgan fingerprint density at radius 3 is 2.83 bits per heavy atom. The molecule has 2 aliphatic rings. The van der Waals surface area contributed by atoms with E-state index in [1.54, 1.807) is 6.20 Å². The number of likely N-dealkylation sites (tertiary alicyclic amines) is 1. The van der Waals surface area contributed by atoms with Crippen molar-refractivity contribution in [3.63, 3.8) is 0 Å². The van der Waals surface area contributed by atoms with Crippen molar-refractivity contribution in [1.29, 1.82) is 0 Å². The van der Waals surface area contributed by atoms with Crippen LogP contribution < -0.4 is 5.32 Å². The zero-order valence-electron chi connectivity index (χ0n) is 14.0. The van der Waals surface area contributed by atoms with Gasteiger partial charge in [-0.2, -0.15) is 0 Å². The lowest BCUT2D eigenvalue weighted by atomic mass is 10.0. The van der Waals surface area contributed by atoms with Crippen molar-refractivity contribution < 1.29 is 4.79 Å². The zero-order chi connectivity index (χ0) is 16.5. The molecule has 0 radical (unpaired) electrons. The van der Waals surface area contributed by atoms with E-state index >= 15 is 0 Å². The SMILES string of the molecule is Cc1ccc(NC(=O)N2CCC[C@H]2C2CC2)cc1-c1ccccn1. The molecule has 1 aliphatic heterocycles. The van der Waals surface area contributed by atoms with E-state index < -0.39 is 0 Å². The van der Waals surface area contributed by atoms with Gasteiger partial charge in [0.2, 0.25) is 0 Å². The molecule has 0 spiro atoms. The number of aromatic nitrogens is 1. The van der Waals surface area contributed by atoms with Crippen LogP contribution in [0.15, 0.2) is 42.6 Å². The third-order valence-corrected chi connectivity index (χ3v) is 5.16. The van der Waals surface area contributed by atoms with Gasteiger partial charge in [-0.15, -0.1) is 0 Å². The second kappa shape index (κ2) is 6.27. The van der Waals surface area contributed by atoms with Gasteiger partial charge in [0.15, 0.2) is 0 Å². The molecular weight excluding hydrogens is 298 g/mol. The van der Waals surface area contributed by atoms with Gasteiger partial charge in [-0.1, -0.05) is 12.1 Å². The molecule has 24 heavy (non-hydrogen) atoms. The first kappa shape index (κ1) is 15.2. The van der Waals surface area contributed by atoms with Crippen molar-refractivity contribution in [2.75, 3.05) is 11.9 Å². The smallest absolute Gasteiger partial charge is 0.321 e. The Morgan fingerprint density at radius 1 is 1.21 bits per heavy atom. The number of amides is 2. The van der Waals surface area contributed by atoms with Gasteiger partial charge in [0.05, 0.1) is 5.69 Å². The van der Waals surface area contributed by atoms with Crippen molar-refractivity contribution in [3.05, 3.63) is 48.2 Å². The number of benzene rings is 1. The first-order valence-electron chi connectivity index (χ1n) is 8.82. The maximum Gasteiger partial charge on any atom is 0.322 e. The summed E-state index contributed by atoms with van der Waals surface area (Å²) < 4.78 is 0. The van der Waals surface area contributed by atoms with Crippen LogP contribution in [0.2, 0.25) is 0 Å². The van der Waals surface area contributed by atoms with Gasteiger partial charge in [0.1, 0.15) is 0 Å². The summed E-state index contributed by atoms with van der Waals surface area (Å²) >= 11 is 0. The zero-order valence-corrected chi connectivity index (χ0v) is 14.0. The van der Waals surface area contributed by atoms with Gasteiger partial charge in [0.25, 0.3) is 0 Å². The fraction of sp³-hybridized carbons (Fsp3) is 0.400. The van der Waals surface area contributed by atoms with Gasteiger partial charge < -0.3 is 10.2 Å². The Kier molecular flexibility index (Phi) is 3.97. The number of urea groups is 1. The van der Waals surface area contributed by atoms with Gasteiger partial charge in [0, 0.05) is 30.0 Å². The van der Waals surface area contributed by atoms with Crippen molar-refractivity contribution in [2.45, 2.75) is 38.6 Å². The van der Waals surface area contributed by atoms with Crippen LogP contribution in [0.4, 0.5) is 10.5 Å². The minimum Gasteiger partial charge on any atom is -0.321 e. The molecule has 2 amide bonds. The lowest BCUT2D eigenvalue weighted by Crippen LogP contribution is -2.39. The van der Waals surface area contributed by atoms with E-state index in [9.17, 15) is 4.79 Å². The number of anilines is 1. The Morgan fingerprint density at radius 2 is 2.08 bits per heavy atom. The van der Waals surface area contributed by atoms with E-state index in [-0.39, 0.29) is 6.03 Å². The highest BCUT2D eigenvalue weighted by Crippen LogP contribution is 2.40. The normalized spacial score (nSPS) is 20.2. The highest BCUT2D eigenvalue weighted by Gasteiger charge is 2.40. The minimum atomic E-state index is 0.0419. The quantitative estimate of drug-likeness (QED) is 0.907. The molecule has 4 nitrogen and oxygen atoms in total. The number of nitrogens with one attached hydrogen (secondary N) is 1. The van der Waals surface area contributed by atoms with Crippen LogP contribution in [0.5, 0.6) is 0 Å². The summed E-state index contributed by atoms with van der Waals surface area (Å²) in [6, 6.07) is 12.4. The Hall–Kier alpha value is -2.36. The minimum absolute atomic E-state index is 0.0419. The number of rotatable bonds is 3. The summed E-state index contributed by atoms with van der Waals surface area (Å²) in [7, 11) is 0. The molecule has 2 heterocycles. The number of aryl methyl sites for hydroxylation is 1. The molecule has 1 aromatic heterocycles. The third-order valence-electron chi connectivity index (χ3n) is 5.16. The van der Waals surface area contributed by atoms with E-state index in [0.717, 1.165) is 47.8 Å². The van der Waals surface area contributed by atoms with E-state index in [1.807, 2.05) is 41.3 Å². The lowest BCUT2D eigenvalue weighted by Gasteiger charge is -2.25. The van der Waals surface area contributed by atoms with Crippen LogP contribution in [0, 0.1) is 12.8 Å². The summed E-state index contributed by atoms with van der Waals surface area (Å²) in [6.45, 7) is 2.95. The summed E-state index contributed by atoms with van der Waals surface area (Å²) in [4.78, 5) is 19.2. The molecule has 1 atom stereocenters. The molecule has 4 rings (SSSR count). The number of nitrogens with zero attached hydrogens (tertiary/aromatic N) is 2. The second-order valence-electron chi connectivity index (χ2n) is 6.92. The average Bonchev–Trinajstić information content (AvgIpc) is 3.33. The van der Waals surface area contributed by atoms with E-state index in [1.165, 1.54) is 12.8 Å². The first-order chi connectivity index (χ1) is 11.7. The lowest BCUT2D eigenvalue weighted by molar-refractivity contribution is 0.200. The first-order valence-corrected chi connectivity index (χ1v) is 8.82. The van der Waals surface area contributed by atoms with E-state index in [4.69, 9.17) is 0 Å². The number of hydrogen-bond acceptors (Lipinski definition) is 2. The second-order valence-corrected chi connectivity index (χ2v) is 6.92. The predicted molar refractivity (Wildman–Crippen MR) is 95.9 cm³/mol. The van der Waals surface area contributed by atoms with Crippen molar-refractivity contribution in [1.82, 2.24) is 9.88 Å². The van der Waals surface area contributed by atoms with Crippen molar-refractivity contribution in [2.24, 2.45) is 5.92 Å². The van der Waals surface area contributed by atoms with Crippen LogP contribution in [0.25, 0.3) is 11.3 Å². The molecule has 4 heteroatoms. The number of carbonyl (C=O) groups excluding carboxylic acids is 1. The molecular formula is C20H23N3O. The highest BCUT2D eigenvalue weighted by molar-refractivity contribution is 5.90. The van der Waals surface area contributed by atoms with E-state index in [2.05, 4.69) is 17.2 Å². The van der Waals surface area contributed by atoms with Gasteiger partial charge >= 0.3 is 6.03 Å². The van der Waals surface area contributed by atoms with Gasteiger partial charge in [-0.25, -0.2) is 4.79 Å². The monoisotopic (exact) mass is 321 g/mol. The Balaban J connectivity index is 1.53. The fourth-order valence-electron chi connectivity index (χ4n) is 3.71. The molecule has 0 unspecified atom stereocenters. The molecule has 0 bridgehead atoms. The van der Waals surface area contributed by atoms with Crippen molar-refractivity contribution in [3.8, 4) is 11.3 Å². The number of pyridine rings is 1. The van der Waals surface area contributed by atoms with Crippen LogP contribution in [-0.4, -0.2) is 28.5 Å². The molecule has 124 valence electrons. The number of hydrogen-bond donors (Lipinski definition) is 1. The molecule has 1 saturated carbocycles. The molecule has 2 fully saturated rings. The maximum atomic E-state index is 12.7. The fourth-order valence-corrected chi connectivity index (χ4v) is 3.71. The van der Waals surface area contributed by atoms with Crippen LogP contribution >= 0.6 is 0 Å². The third kappa shape index (κ3) is 3.01. The van der Waals surface area contributed by atoms with Gasteiger partial charge in [-0.3, -0.25) is 4.98 Å². The maximum absolute atomic E-state index is 12.7. The summed E-state index contributed by atoms with van der Waals surface area (Å²) in [5.74, 6) is 0.736. The average molecular weight is 321 g/mol. The number of carbonyl (C=O) groups is 1. The molecule has 2 aromatic rings. The molecule has 1 N–H and O–H groups in total. The Bertz CT molecular complexity index is 740. The topological polar surface area (TPSA) is 45.2 Å². The highest BCUT2D eigenvalue weighted by atomic mass is 16.2. The van der Waals surface area contributed by atoms with E-state index in [0.29, 0.717) is 6.04 Å². The molecule has 1 saturated heterocycles. The van der Waals surface area contributed by atoms with Crippen molar-refractivity contribution >= 4 is 11.7 Å². The van der Waals surface area contributed by atoms with Crippen LogP contribution in [0.1, 0.15) is 31.2 Å². The molecule has 1 aromatic carbocycles. The summed E-state index contributed by atoms with van der Waals surface area (Å²) in [6.07, 6.45) is 6.64.